The fourth-order valence-electron chi connectivity index (χ4n) is 5.32. The predicted octanol–water partition coefficient (Wildman–Crippen LogP) is 5.21. The number of allylic oxidation sites excluding steroid dienone is 3. The highest BCUT2D eigenvalue weighted by molar-refractivity contribution is 5.76. The first-order valence-corrected chi connectivity index (χ1v) is 17.6. The van der Waals surface area contributed by atoms with E-state index in [2.05, 4.69) is 31.3 Å². The molecule has 258 valence electrons. The molecule has 7 atom stereocenters. The molecule has 0 aromatic carbocycles. The summed E-state index contributed by atoms with van der Waals surface area (Å²) in [5.41, 5.74) is 0. The third-order valence-corrected chi connectivity index (χ3v) is 8.27. The molecule has 1 aliphatic heterocycles. The van der Waals surface area contributed by atoms with Gasteiger partial charge < -0.3 is 40.3 Å². The average molecular weight is 628 g/mol. The lowest BCUT2D eigenvalue weighted by molar-refractivity contribution is -0.302. The van der Waals surface area contributed by atoms with Crippen molar-refractivity contribution < 1.29 is 39.8 Å². The SMILES string of the molecule is CCCCCC/C=C/C(O)C(COC1OC(CO)C(O)C(O)C1O)NC(=O)CCCCCCC/C=C\CCCCCCCC. The maximum Gasteiger partial charge on any atom is 0.220 e. The average Bonchev–Trinajstić information content (AvgIpc) is 3.02. The molecule has 0 radical (unpaired) electrons. The van der Waals surface area contributed by atoms with Crippen molar-refractivity contribution in [2.75, 3.05) is 13.2 Å². The van der Waals surface area contributed by atoms with Gasteiger partial charge in [-0.3, -0.25) is 4.79 Å². The van der Waals surface area contributed by atoms with Crippen LogP contribution in [0.5, 0.6) is 0 Å². The molecule has 1 heterocycles. The van der Waals surface area contributed by atoms with Gasteiger partial charge in [0.2, 0.25) is 5.91 Å². The van der Waals surface area contributed by atoms with Gasteiger partial charge in [0, 0.05) is 6.42 Å². The summed E-state index contributed by atoms with van der Waals surface area (Å²) in [5.74, 6) is -0.194. The molecule has 44 heavy (non-hydrogen) atoms. The van der Waals surface area contributed by atoms with Crippen molar-refractivity contribution in [2.45, 2.75) is 179 Å². The van der Waals surface area contributed by atoms with Crippen LogP contribution >= 0.6 is 0 Å². The maximum absolute atomic E-state index is 12.8. The van der Waals surface area contributed by atoms with E-state index >= 15 is 0 Å². The van der Waals surface area contributed by atoms with Crippen molar-refractivity contribution in [3.63, 3.8) is 0 Å². The number of nitrogens with one attached hydrogen (secondary N) is 1. The predicted molar refractivity (Wildman–Crippen MR) is 175 cm³/mol. The monoisotopic (exact) mass is 627 g/mol. The lowest BCUT2D eigenvalue weighted by Gasteiger charge is -2.40. The van der Waals surface area contributed by atoms with E-state index in [0.717, 1.165) is 64.2 Å². The van der Waals surface area contributed by atoms with Crippen LogP contribution in [-0.2, 0) is 14.3 Å². The lowest BCUT2D eigenvalue weighted by atomic mass is 9.99. The number of aliphatic hydroxyl groups excluding tert-OH is 5. The summed E-state index contributed by atoms with van der Waals surface area (Å²) in [6.45, 7) is 3.64. The molecule has 0 aromatic rings. The van der Waals surface area contributed by atoms with Gasteiger partial charge in [-0.05, 0) is 44.9 Å². The van der Waals surface area contributed by atoms with Gasteiger partial charge >= 0.3 is 0 Å². The molecule has 0 aromatic heterocycles. The molecule has 7 unspecified atom stereocenters. The van der Waals surface area contributed by atoms with E-state index in [1.54, 1.807) is 6.08 Å². The summed E-state index contributed by atoms with van der Waals surface area (Å²) >= 11 is 0. The molecular weight excluding hydrogens is 562 g/mol. The Morgan fingerprint density at radius 3 is 1.86 bits per heavy atom. The molecule has 0 saturated carbocycles. The Hall–Kier alpha value is -1.33. The van der Waals surface area contributed by atoms with Gasteiger partial charge in [-0.25, -0.2) is 0 Å². The van der Waals surface area contributed by atoms with E-state index in [4.69, 9.17) is 9.47 Å². The third kappa shape index (κ3) is 18.6. The number of carbonyl (C=O) groups is 1. The Labute approximate surface area is 267 Å². The highest BCUT2D eigenvalue weighted by atomic mass is 16.7. The molecule has 0 spiro atoms. The molecule has 0 bridgehead atoms. The van der Waals surface area contributed by atoms with Crippen molar-refractivity contribution in [3.8, 4) is 0 Å². The zero-order chi connectivity index (χ0) is 32.4. The second-order valence-electron chi connectivity index (χ2n) is 12.3. The second-order valence-corrected chi connectivity index (χ2v) is 12.3. The fraction of sp³-hybridized carbons (Fsp3) is 0.857. The van der Waals surface area contributed by atoms with Crippen LogP contribution in [0.3, 0.4) is 0 Å². The topological polar surface area (TPSA) is 149 Å². The molecule has 1 aliphatic rings. The largest absolute Gasteiger partial charge is 0.394 e. The number of hydrogen-bond acceptors (Lipinski definition) is 8. The van der Waals surface area contributed by atoms with Crippen LogP contribution in [0.15, 0.2) is 24.3 Å². The van der Waals surface area contributed by atoms with Gasteiger partial charge in [0.05, 0.1) is 25.4 Å². The summed E-state index contributed by atoms with van der Waals surface area (Å²) in [6.07, 6.45) is 21.1. The van der Waals surface area contributed by atoms with Crippen molar-refractivity contribution in [1.29, 1.82) is 0 Å². The Morgan fingerprint density at radius 1 is 0.750 bits per heavy atom. The molecular formula is C35H65NO8. The quantitative estimate of drug-likeness (QED) is 0.0537. The minimum absolute atomic E-state index is 0.192. The summed E-state index contributed by atoms with van der Waals surface area (Å²) in [6, 6.07) is -0.801. The minimum atomic E-state index is -1.56. The molecule has 9 heteroatoms. The maximum atomic E-state index is 12.8. The van der Waals surface area contributed by atoms with E-state index in [-0.39, 0.29) is 12.5 Å². The minimum Gasteiger partial charge on any atom is -0.394 e. The van der Waals surface area contributed by atoms with Crippen LogP contribution in [-0.4, -0.2) is 87.5 Å². The first-order valence-electron chi connectivity index (χ1n) is 17.6. The molecule has 1 fully saturated rings. The Morgan fingerprint density at radius 2 is 1.27 bits per heavy atom. The molecule has 1 rings (SSSR count). The van der Waals surface area contributed by atoms with Crippen LogP contribution in [0, 0.1) is 0 Å². The summed E-state index contributed by atoms with van der Waals surface area (Å²) in [5, 5.41) is 53.5. The standard InChI is InChI=1S/C35H65NO8/c1-3-5-7-9-11-12-13-14-15-16-17-18-19-21-23-25-31(39)36-28(29(38)24-22-20-10-8-6-4-2)27-43-35-34(42)33(41)32(40)30(26-37)44-35/h14-15,22,24,28-30,32-35,37-38,40-42H,3-13,16-21,23,25-27H2,1-2H3,(H,36,39)/b15-14-,24-22+. The first kappa shape index (κ1) is 40.7. The van der Waals surface area contributed by atoms with E-state index in [1.807, 2.05) is 6.08 Å². The van der Waals surface area contributed by atoms with E-state index in [9.17, 15) is 30.3 Å². The number of amides is 1. The van der Waals surface area contributed by atoms with Crippen LogP contribution in [0.4, 0.5) is 0 Å². The highest BCUT2D eigenvalue weighted by Gasteiger charge is 2.44. The van der Waals surface area contributed by atoms with Gasteiger partial charge in [0.25, 0.3) is 0 Å². The van der Waals surface area contributed by atoms with Crippen molar-refractivity contribution in [3.05, 3.63) is 24.3 Å². The molecule has 0 aliphatic carbocycles. The van der Waals surface area contributed by atoms with Crippen molar-refractivity contribution in [1.82, 2.24) is 5.32 Å². The summed E-state index contributed by atoms with van der Waals surface area (Å²) < 4.78 is 11.1. The molecule has 9 nitrogen and oxygen atoms in total. The van der Waals surface area contributed by atoms with Crippen molar-refractivity contribution >= 4 is 5.91 Å². The molecule has 1 amide bonds. The van der Waals surface area contributed by atoms with Crippen LogP contribution in [0.2, 0.25) is 0 Å². The number of ether oxygens (including phenoxy) is 2. The number of rotatable bonds is 27. The highest BCUT2D eigenvalue weighted by Crippen LogP contribution is 2.22. The number of aliphatic hydroxyl groups is 5. The Kier molecular flexibility index (Phi) is 24.8. The van der Waals surface area contributed by atoms with Crippen LogP contribution in [0.25, 0.3) is 0 Å². The van der Waals surface area contributed by atoms with Gasteiger partial charge in [0.15, 0.2) is 6.29 Å². The number of hydrogen-bond donors (Lipinski definition) is 6. The normalized spacial score (nSPS) is 23.8. The Bertz CT molecular complexity index is 746. The first-order chi connectivity index (χ1) is 21.3. The van der Waals surface area contributed by atoms with Gasteiger partial charge in [-0.1, -0.05) is 109 Å². The Balaban J connectivity index is 2.42. The molecule has 6 N–H and O–H groups in total. The fourth-order valence-corrected chi connectivity index (χ4v) is 5.32. The summed E-state index contributed by atoms with van der Waals surface area (Å²) in [4.78, 5) is 12.8. The van der Waals surface area contributed by atoms with E-state index in [1.165, 1.54) is 51.4 Å². The zero-order valence-electron chi connectivity index (χ0n) is 27.7. The van der Waals surface area contributed by atoms with Gasteiger partial charge in [0.1, 0.15) is 24.4 Å². The van der Waals surface area contributed by atoms with E-state index < -0.39 is 49.5 Å². The second kappa shape index (κ2) is 26.8. The summed E-state index contributed by atoms with van der Waals surface area (Å²) in [7, 11) is 0. The third-order valence-electron chi connectivity index (χ3n) is 8.27. The van der Waals surface area contributed by atoms with Gasteiger partial charge in [-0.15, -0.1) is 0 Å². The van der Waals surface area contributed by atoms with Crippen molar-refractivity contribution in [2.24, 2.45) is 0 Å². The van der Waals surface area contributed by atoms with Crippen LogP contribution < -0.4 is 5.32 Å². The van der Waals surface area contributed by atoms with Crippen LogP contribution in [0.1, 0.15) is 136 Å². The van der Waals surface area contributed by atoms with E-state index in [0.29, 0.717) is 6.42 Å². The lowest BCUT2D eigenvalue weighted by Crippen LogP contribution is -2.60. The zero-order valence-corrected chi connectivity index (χ0v) is 27.7. The molecule has 1 saturated heterocycles. The number of unbranched alkanes of at least 4 members (excludes halogenated alkanes) is 15. The van der Waals surface area contributed by atoms with Gasteiger partial charge in [-0.2, -0.15) is 0 Å². The smallest absolute Gasteiger partial charge is 0.220 e. The number of carbonyl (C=O) groups excluding carboxylic acids is 1.